The smallest absolute Gasteiger partial charge is 0.352 e. The number of thioether (sulfide) groups is 1. The molecule has 2 amide bonds. The predicted octanol–water partition coefficient (Wildman–Crippen LogP) is 3.15. The predicted molar refractivity (Wildman–Crippen MR) is 144 cm³/mol. The SMILES string of the molecule is O=C(Cc1cccs1)N[C@@H]1C(=O)N2[C@@H](C(=O)OCc3ccc([N+](=O)[O-])cc3)N=C(Oc3ccccc3)CS[C@H]12. The van der Waals surface area contributed by atoms with Crippen LogP contribution in [0.3, 0.4) is 0 Å². The molecule has 1 N–H and O–H groups in total. The summed E-state index contributed by atoms with van der Waals surface area (Å²) in [6.07, 6.45) is -1.17. The van der Waals surface area contributed by atoms with Gasteiger partial charge in [-0.2, -0.15) is 0 Å². The summed E-state index contributed by atoms with van der Waals surface area (Å²) in [7, 11) is 0. The van der Waals surface area contributed by atoms with Crippen molar-refractivity contribution >= 4 is 52.5 Å². The Bertz CT molecular complexity index is 1400. The van der Waals surface area contributed by atoms with Crippen molar-refractivity contribution in [3.05, 3.63) is 92.7 Å². The van der Waals surface area contributed by atoms with Crippen molar-refractivity contribution in [2.45, 2.75) is 30.6 Å². The van der Waals surface area contributed by atoms with Gasteiger partial charge in [0.25, 0.3) is 11.6 Å². The van der Waals surface area contributed by atoms with Gasteiger partial charge in [-0.15, -0.1) is 23.1 Å². The van der Waals surface area contributed by atoms with E-state index >= 15 is 0 Å². The van der Waals surface area contributed by atoms with Gasteiger partial charge in [0.15, 0.2) is 0 Å². The largest absolute Gasteiger partial charge is 0.458 e. The first-order valence-electron chi connectivity index (χ1n) is 11.8. The number of β-lactam (4-membered cyclic amide) rings is 1. The number of esters is 1. The lowest BCUT2D eigenvalue weighted by molar-refractivity contribution is -0.384. The first-order chi connectivity index (χ1) is 18.9. The summed E-state index contributed by atoms with van der Waals surface area (Å²) >= 11 is 2.78. The van der Waals surface area contributed by atoms with E-state index in [2.05, 4.69) is 10.3 Å². The Hall–Kier alpha value is -4.23. The molecule has 2 aromatic carbocycles. The van der Waals surface area contributed by atoms with Crippen LogP contribution < -0.4 is 10.1 Å². The number of amides is 2. The summed E-state index contributed by atoms with van der Waals surface area (Å²) in [4.78, 5) is 55.9. The summed E-state index contributed by atoms with van der Waals surface area (Å²) in [6, 6.07) is 17.4. The molecule has 1 saturated heterocycles. The molecule has 0 spiro atoms. The number of fused-ring (bicyclic) bond motifs is 1. The highest BCUT2D eigenvalue weighted by atomic mass is 32.2. The second-order valence-electron chi connectivity index (χ2n) is 8.59. The van der Waals surface area contributed by atoms with E-state index in [9.17, 15) is 24.5 Å². The number of aliphatic imine (C=N–C) groups is 1. The average molecular weight is 567 g/mol. The normalized spacial score (nSPS) is 20.1. The zero-order valence-electron chi connectivity index (χ0n) is 20.3. The molecule has 13 heteroatoms. The Morgan fingerprint density at radius 2 is 1.87 bits per heavy atom. The zero-order valence-corrected chi connectivity index (χ0v) is 21.9. The highest BCUT2D eigenvalue weighted by Crippen LogP contribution is 2.36. The second-order valence-corrected chi connectivity index (χ2v) is 10.7. The van der Waals surface area contributed by atoms with Gasteiger partial charge in [-0.05, 0) is 41.3 Å². The summed E-state index contributed by atoms with van der Waals surface area (Å²) in [6.45, 7) is -0.168. The molecule has 200 valence electrons. The molecular formula is C26H22N4O7S2. The van der Waals surface area contributed by atoms with Gasteiger partial charge in [0.05, 0.1) is 17.1 Å². The number of nitro benzene ring substituents is 1. The standard InChI is InChI=1S/C26H22N4O7S2/c31-20(13-19-7-4-12-38-19)27-22-24(32)29-23(26(33)36-14-16-8-10-17(11-9-16)30(34)35)28-21(15-39-25(22)29)37-18-5-2-1-3-6-18/h1-12,22-23,25H,13-15H2,(H,27,31)/t22-,23+,25-/m1/s1. The van der Waals surface area contributed by atoms with Crippen LogP contribution in [-0.2, 0) is 32.1 Å². The van der Waals surface area contributed by atoms with E-state index in [0.717, 1.165) is 4.88 Å². The van der Waals surface area contributed by atoms with E-state index in [-0.39, 0.29) is 36.3 Å². The number of nitrogens with zero attached hydrogens (tertiary/aromatic N) is 3. The second kappa shape index (κ2) is 11.7. The first kappa shape index (κ1) is 26.4. The van der Waals surface area contributed by atoms with E-state index in [4.69, 9.17) is 9.47 Å². The molecule has 0 aliphatic carbocycles. The molecule has 0 unspecified atom stereocenters. The van der Waals surface area contributed by atoms with Crippen LogP contribution in [0.1, 0.15) is 10.4 Å². The van der Waals surface area contributed by atoms with Crippen molar-refractivity contribution in [1.29, 1.82) is 0 Å². The molecule has 2 aliphatic heterocycles. The fraction of sp³-hybridized carbons (Fsp3) is 0.231. The maximum atomic E-state index is 13.2. The third-order valence-electron chi connectivity index (χ3n) is 5.94. The summed E-state index contributed by atoms with van der Waals surface area (Å²) in [5.74, 6) is -0.521. The molecule has 0 saturated carbocycles. The van der Waals surface area contributed by atoms with Gasteiger partial charge in [0.2, 0.25) is 18.0 Å². The summed E-state index contributed by atoms with van der Waals surface area (Å²) in [5.41, 5.74) is 0.450. The number of carbonyl (C=O) groups excluding carboxylic acids is 3. The van der Waals surface area contributed by atoms with Crippen molar-refractivity contribution in [1.82, 2.24) is 10.2 Å². The number of para-hydroxylation sites is 1. The molecule has 1 fully saturated rings. The van der Waals surface area contributed by atoms with Crippen LogP contribution >= 0.6 is 23.1 Å². The third-order valence-corrected chi connectivity index (χ3v) is 8.07. The monoisotopic (exact) mass is 566 g/mol. The summed E-state index contributed by atoms with van der Waals surface area (Å²) < 4.78 is 11.3. The first-order valence-corrected chi connectivity index (χ1v) is 13.8. The minimum absolute atomic E-state index is 0.0839. The van der Waals surface area contributed by atoms with E-state index in [1.165, 1.54) is 52.3 Å². The number of hydrogen-bond donors (Lipinski definition) is 1. The lowest BCUT2D eigenvalue weighted by atomic mass is 10.1. The van der Waals surface area contributed by atoms with Gasteiger partial charge in [-0.1, -0.05) is 24.3 Å². The van der Waals surface area contributed by atoms with Crippen molar-refractivity contribution in [2.24, 2.45) is 4.99 Å². The highest BCUT2D eigenvalue weighted by molar-refractivity contribution is 8.00. The molecule has 3 aromatic rings. The van der Waals surface area contributed by atoms with Crippen LogP contribution in [0.15, 0.2) is 77.1 Å². The molecule has 3 heterocycles. The number of carbonyl (C=O) groups is 3. The maximum absolute atomic E-state index is 13.2. The van der Waals surface area contributed by atoms with Crippen LogP contribution in [0.5, 0.6) is 5.75 Å². The quantitative estimate of drug-likeness (QED) is 0.190. The van der Waals surface area contributed by atoms with Crippen LogP contribution in [0, 0.1) is 10.1 Å². The molecule has 2 aliphatic rings. The molecule has 0 radical (unpaired) electrons. The van der Waals surface area contributed by atoms with E-state index in [1.807, 2.05) is 23.6 Å². The number of rotatable bonds is 8. The maximum Gasteiger partial charge on any atom is 0.352 e. The van der Waals surface area contributed by atoms with Crippen molar-refractivity contribution in [3.8, 4) is 5.75 Å². The van der Waals surface area contributed by atoms with Gasteiger partial charge < -0.3 is 14.8 Å². The molecule has 39 heavy (non-hydrogen) atoms. The minimum Gasteiger partial charge on any atom is -0.458 e. The van der Waals surface area contributed by atoms with E-state index in [1.54, 1.807) is 24.3 Å². The number of hydrogen-bond acceptors (Lipinski definition) is 10. The van der Waals surface area contributed by atoms with Crippen molar-refractivity contribution < 1.29 is 28.8 Å². The van der Waals surface area contributed by atoms with Crippen molar-refractivity contribution in [2.75, 3.05) is 5.75 Å². The van der Waals surface area contributed by atoms with Crippen molar-refractivity contribution in [3.63, 3.8) is 0 Å². The number of non-ortho nitro benzene ring substituents is 1. The Kier molecular flexibility index (Phi) is 7.89. The van der Waals surface area contributed by atoms with E-state index < -0.39 is 34.4 Å². The fourth-order valence-corrected chi connectivity index (χ4v) is 5.94. The Balaban J connectivity index is 1.31. The van der Waals surface area contributed by atoms with Crippen LogP contribution in [0.4, 0.5) is 5.69 Å². The number of benzene rings is 2. The molecule has 0 bridgehead atoms. The molecule has 1 aromatic heterocycles. The molecule has 3 atom stereocenters. The van der Waals surface area contributed by atoms with Gasteiger partial charge >= 0.3 is 5.97 Å². The number of nitro groups is 1. The topological polar surface area (TPSA) is 140 Å². The highest BCUT2D eigenvalue weighted by Gasteiger charge is 2.55. The molecule has 11 nitrogen and oxygen atoms in total. The number of thiophene rings is 1. The van der Waals surface area contributed by atoms with Crippen LogP contribution in [-0.4, -0.2) is 56.8 Å². The van der Waals surface area contributed by atoms with Crippen LogP contribution in [0.2, 0.25) is 0 Å². The molecular weight excluding hydrogens is 544 g/mol. The lowest BCUT2D eigenvalue weighted by Crippen LogP contribution is -2.72. The molecule has 5 rings (SSSR count). The van der Waals surface area contributed by atoms with Gasteiger partial charge in [0.1, 0.15) is 23.8 Å². The minimum atomic E-state index is -1.32. The fourth-order valence-electron chi connectivity index (χ4n) is 4.03. The third kappa shape index (κ3) is 6.10. The average Bonchev–Trinajstić information content (AvgIpc) is 3.38. The Morgan fingerprint density at radius 3 is 2.56 bits per heavy atom. The van der Waals surface area contributed by atoms with E-state index in [0.29, 0.717) is 11.3 Å². The summed E-state index contributed by atoms with van der Waals surface area (Å²) in [5, 5.41) is 15.0. The Morgan fingerprint density at radius 1 is 1.10 bits per heavy atom. The number of nitrogens with one attached hydrogen (secondary N) is 1. The Labute approximate surface area is 231 Å². The van der Waals surface area contributed by atoms with Gasteiger partial charge in [-0.25, -0.2) is 9.79 Å². The number of ether oxygens (including phenoxy) is 2. The van der Waals surface area contributed by atoms with Gasteiger partial charge in [-0.3, -0.25) is 24.6 Å². The zero-order chi connectivity index (χ0) is 27.4. The lowest BCUT2D eigenvalue weighted by Gasteiger charge is -2.47. The van der Waals surface area contributed by atoms with Gasteiger partial charge in [0, 0.05) is 17.0 Å². The van der Waals surface area contributed by atoms with Crippen LogP contribution in [0.25, 0.3) is 0 Å².